The number of hydrogen-bond donors (Lipinski definition) is 1. The van der Waals surface area contributed by atoms with E-state index in [0.717, 1.165) is 0 Å². The Bertz CT molecular complexity index is 360. The number of likely N-dealkylation sites (tertiary alicyclic amines) is 1. The molecule has 2 saturated heterocycles. The van der Waals surface area contributed by atoms with Crippen molar-refractivity contribution in [2.75, 3.05) is 19.6 Å². The molecule has 2 aliphatic heterocycles. The number of nitrogens with one attached hydrogen (secondary N) is 1. The van der Waals surface area contributed by atoms with E-state index < -0.39 is 18.5 Å². The van der Waals surface area contributed by atoms with Gasteiger partial charge in [0.15, 0.2) is 0 Å². The van der Waals surface area contributed by atoms with Gasteiger partial charge in [0.2, 0.25) is 11.8 Å². The molecular weight excluding hydrogens is 249 g/mol. The molecule has 1 spiro atoms. The maximum Gasteiger partial charge on any atom is 0.397 e. The van der Waals surface area contributed by atoms with Gasteiger partial charge in [-0.2, -0.15) is 13.2 Å². The van der Waals surface area contributed by atoms with Crippen LogP contribution >= 0.6 is 0 Å². The molecule has 2 amide bonds. The fourth-order valence-electron chi connectivity index (χ4n) is 2.62. The van der Waals surface area contributed by atoms with Gasteiger partial charge in [0.1, 0.15) is 6.42 Å². The van der Waals surface area contributed by atoms with Crippen molar-refractivity contribution < 1.29 is 22.8 Å². The van der Waals surface area contributed by atoms with Crippen LogP contribution in [0, 0.1) is 5.41 Å². The Morgan fingerprint density at radius 1 is 1.33 bits per heavy atom. The largest absolute Gasteiger partial charge is 0.397 e. The average molecular weight is 264 g/mol. The third-order valence-electron chi connectivity index (χ3n) is 3.72. The molecule has 0 bridgehead atoms. The Morgan fingerprint density at radius 3 is 2.39 bits per heavy atom. The molecule has 0 radical (unpaired) electrons. The highest BCUT2D eigenvalue weighted by molar-refractivity contribution is 5.79. The lowest BCUT2D eigenvalue weighted by atomic mass is 9.77. The first-order valence-corrected chi connectivity index (χ1v) is 5.91. The number of piperidine rings is 1. The fraction of sp³-hybridized carbons (Fsp3) is 0.818. The highest BCUT2D eigenvalue weighted by atomic mass is 19.4. The van der Waals surface area contributed by atoms with E-state index in [1.54, 1.807) is 0 Å². The van der Waals surface area contributed by atoms with Crippen molar-refractivity contribution in [3.05, 3.63) is 0 Å². The summed E-state index contributed by atoms with van der Waals surface area (Å²) in [5.74, 6) is -0.875. The highest BCUT2D eigenvalue weighted by Crippen LogP contribution is 2.37. The lowest BCUT2D eigenvalue weighted by molar-refractivity contribution is -0.162. The van der Waals surface area contributed by atoms with Gasteiger partial charge in [-0.05, 0) is 18.3 Å². The van der Waals surface area contributed by atoms with Gasteiger partial charge < -0.3 is 10.2 Å². The lowest BCUT2D eigenvalue weighted by Crippen LogP contribution is -2.45. The predicted octanol–water partition coefficient (Wildman–Crippen LogP) is 1.07. The van der Waals surface area contributed by atoms with E-state index in [1.807, 2.05) is 0 Å². The van der Waals surface area contributed by atoms with Crippen LogP contribution in [0.15, 0.2) is 0 Å². The van der Waals surface area contributed by atoms with Crippen molar-refractivity contribution in [1.29, 1.82) is 0 Å². The van der Waals surface area contributed by atoms with Crippen molar-refractivity contribution in [3.63, 3.8) is 0 Å². The van der Waals surface area contributed by atoms with Crippen LogP contribution in [0.25, 0.3) is 0 Å². The van der Waals surface area contributed by atoms with Crippen LogP contribution in [0.4, 0.5) is 13.2 Å². The predicted molar refractivity (Wildman–Crippen MR) is 56.5 cm³/mol. The topological polar surface area (TPSA) is 49.4 Å². The summed E-state index contributed by atoms with van der Waals surface area (Å²) in [6.07, 6.45) is -4.23. The molecule has 1 N–H and O–H groups in total. The molecule has 2 aliphatic rings. The molecule has 102 valence electrons. The Balaban J connectivity index is 1.87. The van der Waals surface area contributed by atoms with Crippen molar-refractivity contribution in [2.45, 2.75) is 31.9 Å². The number of hydrogen-bond acceptors (Lipinski definition) is 2. The third kappa shape index (κ3) is 2.94. The second-order valence-corrected chi connectivity index (χ2v) is 5.13. The lowest BCUT2D eigenvalue weighted by Gasteiger charge is -2.38. The van der Waals surface area contributed by atoms with E-state index in [4.69, 9.17) is 0 Å². The van der Waals surface area contributed by atoms with Crippen LogP contribution in [0.5, 0.6) is 0 Å². The Kier molecular flexibility index (Phi) is 3.25. The standard InChI is InChI=1S/C11H15F3N2O2/c12-11(13,14)6-9(18)16-3-1-10(2-4-16)5-8(17)15-7-10/h1-7H2,(H,15,17). The van der Waals surface area contributed by atoms with Crippen molar-refractivity contribution in [3.8, 4) is 0 Å². The second kappa shape index (κ2) is 4.44. The first kappa shape index (κ1) is 13.2. The SMILES string of the molecule is O=C1CC2(CCN(C(=O)CC(F)(F)F)CC2)CN1. The van der Waals surface area contributed by atoms with Crippen molar-refractivity contribution >= 4 is 11.8 Å². The Hall–Kier alpha value is -1.27. The van der Waals surface area contributed by atoms with E-state index in [1.165, 1.54) is 4.90 Å². The van der Waals surface area contributed by atoms with Crippen LogP contribution in [-0.4, -0.2) is 42.5 Å². The zero-order valence-corrected chi connectivity index (χ0v) is 9.85. The maximum atomic E-state index is 12.1. The van der Waals surface area contributed by atoms with Crippen LogP contribution in [-0.2, 0) is 9.59 Å². The number of carbonyl (C=O) groups is 2. The summed E-state index contributed by atoms with van der Waals surface area (Å²) < 4.78 is 36.3. The first-order valence-electron chi connectivity index (χ1n) is 5.91. The average Bonchev–Trinajstić information content (AvgIpc) is 2.58. The van der Waals surface area contributed by atoms with Gasteiger partial charge in [-0.1, -0.05) is 0 Å². The van der Waals surface area contributed by atoms with Crippen LogP contribution in [0.1, 0.15) is 25.7 Å². The molecule has 0 aromatic rings. The quantitative estimate of drug-likeness (QED) is 0.770. The van der Waals surface area contributed by atoms with Crippen LogP contribution in [0.2, 0.25) is 0 Å². The molecule has 2 rings (SSSR count). The highest BCUT2D eigenvalue weighted by Gasteiger charge is 2.42. The normalized spacial score (nSPS) is 23.3. The number of carbonyl (C=O) groups excluding carboxylic acids is 2. The van der Waals surface area contributed by atoms with Crippen LogP contribution in [0.3, 0.4) is 0 Å². The molecule has 0 atom stereocenters. The summed E-state index contributed by atoms with van der Waals surface area (Å²) in [5.41, 5.74) is -0.147. The molecule has 0 aromatic heterocycles. The van der Waals surface area contributed by atoms with E-state index in [9.17, 15) is 22.8 Å². The molecule has 2 fully saturated rings. The van der Waals surface area contributed by atoms with Crippen molar-refractivity contribution in [1.82, 2.24) is 10.2 Å². The number of rotatable bonds is 1. The zero-order valence-electron chi connectivity index (χ0n) is 9.85. The first-order chi connectivity index (χ1) is 8.30. The van der Waals surface area contributed by atoms with E-state index in [2.05, 4.69) is 5.32 Å². The van der Waals surface area contributed by atoms with Gasteiger partial charge in [0, 0.05) is 26.1 Å². The number of alkyl halides is 3. The summed E-state index contributed by atoms with van der Waals surface area (Å²) in [6, 6.07) is 0. The molecule has 2 heterocycles. The van der Waals surface area contributed by atoms with E-state index >= 15 is 0 Å². The summed E-state index contributed by atoms with van der Waals surface area (Å²) in [6.45, 7) is 1.20. The molecule has 4 nitrogen and oxygen atoms in total. The minimum Gasteiger partial charge on any atom is -0.356 e. The van der Waals surface area contributed by atoms with E-state index in [0.29, 0.717) is 38.9 Å². The molecule has 18 heavy (non-hydrogen) atoms. The molecule has 0 aliphatic carbocycles. The molecular formula is C11H15F3N2O2. The minimum absolute atomic E-state index is 0.00920. The van der Waals surface area contributed by atoms with Gasteiger partial charge in [0.05, 0.1) is 0 Å². The summed E-state index contributed by atoms with van der Waals surface area (Å²) in [4.78, 5) is 23.8. The Morgan fingerprint density at radius 2 is 1.94 bits per heavy atom. The molecule has 0 unspecified atom stereocenters. The summed E-state index contributed by atoms with van der Waals surface area (Å²) >= 11 is 0. The number of halogens is 3. The van der Waals surface area contributed by atoms with Gasteiger partial charge in [-0.3, -0.25) is 9.59 Å². The van der Waals surface area contributed by atoms with Gasteiger partial charge in [-0.25, -0.2) is 0 Å². The summed E-state index contributed by atoms with van der Waals surface area (Å²) in [7, 11) is 0. The molecule has 0 saturated carbocycles. The van der Waals surface area contributed by atoms with Crippen LogP contribution < -0.4 is 5.32 Å². The number of amides is 2. The molecule has 0 aromatic carbocycles. The van der Waals surface area contributed by atoms with Gasteiger partial charge in [-0.15, -0.1) is 0 Å². The van der Waals surface area contributed by atoms with Crippen molar-refractivity contribution in [2.24, 2.45) is 5.41 Å². The minimum atomic E-state index is -4.45. The Labute approximate surface area is 103 Å². The zero-order chi connectivity index (χ0) is 13.4. The third-order valence-corrected chi connectivity index (χ3v) is 3.72. The molecule has 7 heteroatoms. The smallest absolute Gasteiger partial charge is 0.356 e. The van der Waals surface area contributed by atoms with Gasteiger partial charge >= 0.3 is 6.18 Å². The monoisotopic (exact) mass is 264 g/mol. The fourth-order valence-corrected chi connectivity index (χ4v) is 2.62. The summed E-state index contributed by atoms with van der Waals surface area (Å²) in [5, 5.41) is 2.74. The maximum absolute atomic E-state index is 12.1. The second-order valence-electron chi connectivity index (χ2n) is 5.13. The van der Waals surface area contributed by atoms with Gasteiger partial charge in [0.25, 0.3) is 0 Å². The number of nitrogens with zero attached hydrogens (tertiary/aromatic N) is 1. The van der Waals surface area contributed by atoms with E-state index in [-0.39, 0.29) is 11.3 Å².